The summed E-state index contributed by atoms with van der Waals surface area (Å²) in [6, 6.07) is 6.97. The second-order valence-corrected chi connectivity index (χ2v) is 2.89. The van der Waals surface area contributed by atoms with Gasteiger partial charge in [0.2, 0.25) is 0 Å². The van der Waals surface area contributed by atoms with Crippen molar-refractivity contribution in [1.82, 2.24) is 0 Å². The van der Waals surface area contributed by atoms with Gasteiger partial charge < -0.3 is 0 Å². The van der Waals surface area contributed by atoms with Crippen LogP contribution in [0.3, 0.4) is 0 Å². The highest BCUT2D eigenvalue weighted by molar-refractivity contribution is 7.94. The van der Waals surface area contributed by atoms with Gasteiger partial charge in [0.1, 0.15) is 0 Å². The van der Waals surface area contributed by atoms with Crippen LogP contribution in [-0.2, 0) is 9.37 Å². The molecule has 0 spiro atoms. The molecule has 60 valence electrons. The normalized spacial score (nSPS) is 10.0. The van der Waals surface area contributed by atoms with E-state index in [4.69, 9.17) is 16.9 Å². The minimum absolute atomic E-state index is 0.608. The maximum absolute atomic E-state index is 7.82. The summed E-state index contributed by atoms with van der Waals surface area (Å²) >= 11 is 6.53. The third-order valence-electron chi connectivity index (χ3n) is 0.957. The molecule has 3 nitrogen and oxygen atoms in total. The van der Waals surface area contributed by atoms with E-state index in [2.05, 4.69) is 9.37 Å². The second kappa shape index (κ2) is 4.58. The molecular weight excluding hydrogens is 188 g/mol. The average molecular weight is 193 g/mol. The minimum atomic E-state index is 0.608. The van der Waals surface area contributed by atoms with Gasteiger partial charge in [0.25, 0.3) is 0 Å². The third-order valence-corrected chi connectivity index (χ3v) is 1.77. The van der Waals surface area contributed by atoms with Crippen LogP contribution in [-0.4, -0.2) is 5.26 Å². The van der Waals surface area contributed by atoms with Crippen molar-refractivity contribution >= 4 is 23.6 Å². The van der Waals surface area contributed by atoms with Crippen molar-refractivity contribution in [2.75, 3.05) is 0 Å². The highest BCUT2D eigenvalue weighted by Gasteiger charge is 1.95. The van der Waals surface area contributed by atoms with Gasteiger partial charge in [-0.15, -0.1) is 4.33 Å². The summed E-state index contributed by atoms with van der Waals surface area (Å²) in [7, 11) is 0. The molecule has 1 aromatic carbocycles. The molecule has 0 aliphatic carbocycles. The summed E-state index contributed by atoms with van der Waals surface area (Å²) in [6.45, 7) is 0. The summed E-state index contributed by atoms with van der Waals surface area (Å²) in [5.41, 5.74) is 0. The topological polar surface area (TPSA) is 38.7 Å². The lowest BCUT2D eigenvalue weighted by atomic mass is 10.4. The van der Waals surface area contributed by atoms with Crippen LogP contribution in [0.1, 0.15) is 0 Å². The summed E-state index contributed by atoms with van der Waals surface area (Å²) in [5.74, 6) is 0. The molecule has 11 heavy (non-hydrogen) atoms. The highest BCUT2D eigenvalue weighted by atomic mass is 35.5. The van der Waals surface area contributed by atoms with E-state index in [-0.39, 0.29) is 0 Å². The van der Waals surface area contributed by atoms with E-state index in [1.165, 1.54) is 0 Å². The predicted molar refractivity (Wildman–Crippen MR) is 42.1 cm³/mol. The summed E-state index contributed by atoms with van der Waals surface area (Å²) in [4.78, 5) is 0.756. The van der Waals surface area contributed by atoms with Crippen molar-refractivity contribution in [2.24, 2.45) is 0 Å². The van der Waals surface area contributed by atoms with E-state index < -0.39 is 0 Å². The van der Waals surface area contributed by atoms with Gasteiger partial charge in [-0.25, -0.2) is 5.26 Å². The van der Waals surface area contributed by atoms with Crippen LogP contribution < -0.4 is 0 Å². The van der Waals surface area contributed by atoms with E-state index in [0.717, 1.165) is 16.9 Å². The maximum atomic E-state index is 7.82. The summed E-state index contributed by atoms with van der Waals surface area (Å²) < 4.78 is 4.19. The molecule has 0 atom stereocenters. The molecule has 0 bridgehead atoms. The Balaban J connectivity index is 2.56. The first kappa shape index (κ1) is 8.83. The fourth-order valence-electron chi connectivity index (χ4n) is 0.573. The Morgan fingerprint density at radius 1 is 1.45 bits per heavy atom. The molecule has 0 radical (unpaired) electrons. The number of rotatable bonds is 3. The Labute approximate surface area is 72.9 Å². The molecule has 0 aliphatic heterocycles. The quantitative estimate of drug-likeness (QED) is 0.454. The van der Waals surface area contributed by atoms with E-state index in [1.54, 1.807) is 24.3 Å². The Morgan fingerprint density at radius 3 is 2.91 bits per heavy atom. The Kier molecular flexibility index (Phi) is 3.68. The summed E-state index contributed by atoms with van der Waals surface area (Å²) in [6.07, 6.45) is 0. The molecule has 0 saturated heterocycles. The zero-order valence-corrected chi connectivity index (χ0v) is 6.93. The molecule has 0 aliphatic rings. The van der Waals surface area contributed by atoms with Crippen LogP contribution in [0.15, 0.2) is 29.2 Å². The highest BCUT2D eigenvalue weighted by Crippen LogP contribution is 2.21. The van der Waals surface area contributed by atoms with E-state index in [0.29, 0.717) is 5.02 Å². The molecule has 1 rings (SSSR count). The molecule has 0 unspecified atom stereocenters. The first-order valence-electron chi connectivity index (χ1n) is 2.73. The lowest BCUT2D eigenvalue weighted by Gasteiger charge is -1.96. The van der Waals surface area contributed by atoms with E-state index in [9.17, 15) is 0 Å². The predicted octanol–water partition coefficient (Wildman–Crippen LogP) is 2.77. The fraction of sp³-hybridized carbons (Fsp3) is 0. The molecule has 1 aromatic rings. The standard InChI is InChI=1S/C6H5ClO3S/c7-5-2-1-3-6(4-5)11-10-9-8/h1-4,8H. The molecule has 0 saturated carbocycles. The zero-order chi connectivity index (χ0) is 8.10. The number of hydrogen-bond donors (Lipinski definition) is 1. The first-order chi connectivity index (χ1) is 5.33. The van der Waals surface area contributed by atoms with E-state index >= 15 is 0 Å². The minimum Gasteiger partial charge on any atom is -0.220 e. The molecule has 0 fully saturated rings. The van der Waals surface area contributed by atoms with Crippen LogP contribution >= 0.6 is 23.6 Å². The van der Waals surface area contributed by atoms with Crippen molar-refractivity contribution in [3.8, 4) is 0 Å². The van der Waals surface area contributed by atoms with Crippen LogP contribution in [0.4, 0.5) is 0 Å². The van der Waals surface area contributed by atoms with Crippen molar-refractivity contribution < 1.29 is 14.6 Å². The van der Waals surface area contributed by atoms with Gasteiger partial charge in [-0.1, -0.05) is 22.7 Å². The van der Waals surface area contributed by atoms with Gasteiger partial charge in [0, 0.05) is 9.92 Å². The average Bonchev–Trinajstić information content (AvgIpc) is 2.01. The number of hydrogen-bond acceptors (Lipinski definition) is 4. The van der Waals surface area contributed by atoms with Crippen molar-refractivity contribution in [3.05, 3.63) is 29.3 Å². The van der Waals surface area contributed by atoms with Crippen LogP contribution in [0, 0.1) is 0 Å². The zero-order valence-electron chi connectivity index (χ0n) is 5.36. The van der Waals surface area contributed by atoms with Gasteiger partial charge in [0.05, 0.1) is 12.0 Å². The van der Waals surface area contributed by atoms with Crippen molar-refractivity contribution in [2.45, 2.75) is 4.90 Å². The van der Waals surface area contributed by atoms with Gasteiger partial charge in [-0.2, -0.15) is 0 Å². The molecule has 1 N–H and O–H groups in total. The van der Waals surface area contributed by atoms with Gasteiger partial charge >= 0.3 is 0 Å². The van der Waals surface area contributed by atoms with Crippen LogP contribution in [0.5, 0.6) is 0 Å². The second-order valence-electron chi connectivity index (χ2n) is 1.68. The van der Waals surface area contributed by atoms with E-state index in [1.807, 2.05) is 0 Å². The smallest absolute Gasteiger partial charge is 0.0714 e. The molecule has 0 heterocycles. The molecular formula is C6H5ClO3S. The Bertz CT molecular complexity index is 231. The fourth-order valence-corrected chi connectivity index (χ4v) is 1.25. The Morgan fingerprint density at radius 2 is 2.27 bits per heavy atom. The van der Waals surface area contributed by atoms with Crippen molar-refractivity contribution in [3.63, 3.8) is 0 Å². The first-order valence-corrected chi connectivity index (χ1v) is 3.85. The van der Waals surface area contributed by atoms with Crippen LogP contribution in [0.25, 0.3) is 0 Å². The lowest BCUT2D eigenvalue weighted by molar-refractivity contribution is -0.432. The molecule has 0 amide bonds. The lowest BCUT2D eigenvalue weighted by Crippen LogP contribution is -1.77. The largest absolute Gasteiger partial charge is 0.220 e. The van der Waals surface area contributed by atoms with Crippen LogP contribution in [0.2, 0.25) is 5.02 Å². The monoisotopic (exact) mass is 192 g/mol. The molecule has 5 heteroatoms. The summed E-state index contributed by atoms with van der Waals surface area (Å²) in [5, 5.41) is 11.8. The SMILES string of the molecule is OOOSc1cccc(Cl)c1. The maximum Gasteiger partial charge on any atom is 0.0714 e. The van der Waals surface area contributed by atoms with Gasteiger partial charge in [-0.05, 0) is 18.2 Å². The third kappa shape index (κ3) is 3.09. The van der Waals surface area contributed by atoms with Gasteiger partial charge in [-0.3, -0.25) is 0 Å². The van der Waals surface area contributed by atoms with Crippen molar-refractivity contribution in [1.29, 1.82) is 0 Å². The Hall–Kier alpha value is -0.260. The molecule has 0 aromatic heterocycles. The number of benzene rings is 1. The van der Waals surface area contributed by atoms with Gasteiger partial charge in [0.15, 0.2) is 0 Å². The number of halogens is 1.